The molecular weight excluding hydrogens is 529 g/mol. The Labute approximate surface area is 214 Å². The molecule has 180 valence electrons. The van der Waals surface area contributed by atoms with Crippen LogP contribution in [0.15, 0.2) is 53.5 Å². The number of methoxy groups -OCH3 is 1. The van der Waals surface area contributed by atoms with Crippen LogP contribution in [0.2, 0.25) is 0 Å². The number of para-hydroxylation sites is 2. The predicted octanol–water partition coefficient (Wildman–Crippen LogP) is 4.24. The molecule has 0 radical (unpaired) electrons. The first-order chi connectivity index (χ1) is 15.5. The molecule has 2 unspecified atom stereocenters. The molecule has 8 heteroatoms. The summed E-state index contributed by atoms with van der Waals surface area (Å²) in [5.74, 6) is 1.72. The highest BCUT2D eigenvalue weighted by atomic mass is 127. The summed E-state index contributed by atoms with van der Waals surface area (Å²) in [7, 11) is 3.49. The highest BCUT2D eigenvalue weighted by Gasteiger charge is 2.25. The monoisotopic (exact) mass is 565 g/mol. The van der Waals surface area contributed by atoms with E-state index in [1.807, 2.05) is 56.3 Å². The Kier molecular flexibility index (Phi) is 10.8. The van der Waals surface area contributed by atoms with Crippen molar-refractivity contribution in [2.45, 2.75) is 39.3 Å². The van der Waals surface area contributed by atoms with Gasteiger partial charge in [0, 0.05) is 44.3 Å². The van der Waals surface area contributed by atoms with E-state index in [4.69, 9.17) is 4.74 Å². The molecule has 7 nitrogen and oxygen atoms in total. The number of nitrogens with one attached hydrogen (secondary N) is 3. The van der Waals surface area contributed by atoms with Crippen molar-refractivity contribution in [2.24, 2.45) is 10.9 Å². The van der Waals surface area contributed by atoms with Gasteiger partial charge in [0.2, 0.25) is 5.91 Å². The van der Waals surface area contributed by atoms with Gasteiger partial charge in [-0.05, 0) is 42.7 Å². The van der Waals surface area contributed by atoms with Gasteiger partial charge in [-0.25, -0.2) is 0 Å². The minimum atomic E-state index is 0. The van der Waals surface area contributed by atoms with E-state index in [-0.39, 0.29) is 35.8 Å². The number of carbonyl (C=O) groups excluding carboxylic acids is 1. The molecule has 0 spiro atoms. The van der Waals surface area contributed by atoms with Crippen molar-refractivity contribution in [3.8, 4) is 5.75 Å². The summed E-state index contributed by atoms with van der Waals surface area (Å²) in [6.45, 7) is 6.43. The van der Waals surface area contributed by atoms with Crippen molar-refractivity contribution in [1.29, 1.82) is 0 Å². The van der Waals surface area contributed by atoms with Gasteiger partial charge in [-0.1, -0.05) is 38.1 Å². The van der Waals surface area contributed by atoms with E-state index in [0.717, 1.165) is 54.6 Å². The lowest BCUT2D eigenvalue weighted by atomic mass is 10.1. The molecule has 3 N–H and O–H groups in total. The van der Waals surface area contributed by atoms with Crippen molar-refractivity contribution in [3.63, 3.8) is 0 Å². The maximum absolute atomic E-state index is 12.2. The van der Waals surface area contributed by atoms with Crippen molar-refractivity contribution in [1.82, 2.24) is 10.6 Å². The summed E-state index contributed by atoms with van der Waals surface area (Å²) < 4.78 is 5.51. The molecule has 0 bridgehead atoms. The number of nitrogens with zero attached hydrogens (tertiary/aromatic N) is 2. The van der Waals surface area contributed by atoms with Crippen LogP contribution in [0.3, 0.4) is 0 Å². The summed E-state index contributed by atoms with van der Waals surface area (Å²) in [5.41, 5.74) is 3.02. The highest BCUT2D eigenvalue weighted by molar-refractivity contribution is 14.0. The number of anilines is 2. The van der Waals surface area contributed by atoms with Gasteiger partial charge in [-0.3, -0.25) is 9.79 Å². The average molecular weight is 566 g/mol. The molecule has 33 heavy (non-hydrogen) atoms. The molecule has 2 aromatic carbocycles. The smallest absolute Gasteiger partial charge is 0.227 e. The Morgan fingerprint density at radius 2 is 2.03 bits per heavy atom. The normalized spacial score (nSPS) is 16.5. The van der Waals surface area contributed by atoms with Crippen LogP contribution < -0.4 is 25.6 Å². The fourth-order valence-electron chi connectivity index (χ4n) is 3.77. The zero-order valence-electron chi connectivity index (χ0n) is 19.9. The maximum Gasteiger partial charge on any atom is 0.227 e. The summed E-state index contributed by atoms with van der Waals surface area (Å²) in [5, 5.41) is 9.91. The number of halogens is 1. The third kappa shape index (κ3) is 7.52. The number of rotatable bonds is 8. The lowest BCUT2D eigenvalue weighted by Crippen LogP contribution is -2.44. The Morgan fingerprint density at radius 3 is 2.76 bits per heavy atom. The Morgan fingerprint density at radius 1 is 1.24 bits per heavy atom. The molecule has 1 fully saturated rings. The number of aliphatic imine (C=N–C) groups is 1. The standard InChI is InChI=1S/C25H35N5O2.HI/c1-5-18(2)24(31)28-20-10-8-9-19(15-20)16-27-25(26-3)29-21-13-14-30(17-21)22-11-6-7-12-23(22)32-4;/h6-12,15,18,21H,5,13-14,16-17H2,1-4H3,(H,28,31)(H2,26,27,29);1H. The summed E-state index contributed by atoms with van der Waals surface area (Å²) in [6, 6.07) is 16.3. The first kappa shape index (κ1) is 26.8. The van der Waals surface area contributed by atoms with Gasteiger partial charge >= 0.3 is 0 Å². The fraction of sp³-hybridized carbons (Fsp3) is 0.440. The molecule has 1 amide bonds. The topological polar surface area (TPSA) is 78.0 Å². The van der Waals surface area contributed by atoms with Crippen LogP contribution in [0.4, 0.5) is 11.4 Å². The van der Waals surface area contributed by atoms with Gasteiger partial charge < -0.3 is 25.6 Å². The van der Waals surface area contributed by atoms with Crippen molar-refractivity contribution in [2.75, 3.05) is 37.5 Å². The van der Waals surface area contributed by atoms with Gasteiger partial charge in [0.1, 0.15) is 5.75 Å². The van der Waals surface area contributed by atoms with Gasteiger partial charge in [-0.15, -0.1) is 24.0 Å². The predicted molar refractivity (Wildman–Crippen MR) is 147 cm³/mol. The van der Waals surface area contributed by atoms with Crippen LogP contribution in [-0.4, -0.2) is 45.2 Å². The molecule has 0 aliphatic carbocycles. The molecule has 0 saturated carbocycles. The Balaban J connectivity index is 0.00000385. The fourth-order valence-corrected chi connectivity index (χ4v) is 3.77. The molecule has 2 atom stereocenters. The average Bonchev–Trinajstić information content (AvgIpc) is 3.29. The number of guanidine groups is 1. The van der Waals surface area contributed by atoms with Crippen LogP contribution in [0, 0.1) is 5.92 Å². The lowest BCUT2D eigenvalue weighted by molar-refractivity contribution is -0.119. The SMILES string of the molecule is CCC(C)C(=O)Nc1cccc(CNC(=NC)NC2CCN(c3ccccc3OC)C2)c1.I. The molecule has 0 aromatic heterocycles. The lowest BCUT2D eigenvalue weighted by Gasteiger charge is -2.22. The van der Waals surface area contributed by atoms with Crippen molar-refractivity contribution < 1.29 is 9.53 Å². The summed E-state index contributed by atoms with van der Waals surface area (Å²) in [4.78, 5) is 18.9. The number of hydrogen-bond donors (Lipinski definition) is 3. The van der Waals surface area contributed by atoms with Crippen LogP contribution in [0.1, 0.15) is 32.3 Å². The molecular formula is C25H36IN5O2. The van der Waals surface area contributed by atoms with Gasteiger partial charge in [-0.2, -0.15) is 0 Å². The molecule has 1 heterocycles. The number of carbonyl (C=O) groups is 1. The van der Waals surface area contributed by atoms with Gasteiger partial charge in [0.05, 0.1) is 12.8 Å². The van der Waals surface area contributed by atoms with Crippen LogP contribution in [0.25, 0.3) is 0 Å². The van der Waals surface area contributed by atoms with Crippen LogP contribution >= 0.6 is 24.0 Å². The second-order valence-corrected chi connectivity index (χ2v) is 8.17. The van der Waals surface area contributed by atoms with E-state index in [1.54, 1.807) is 14.2 Å². The molecule has 1 saturated heterocycles. The zero-order chi connectivity index (χ0) is 22.9. The summed E-state index contributed by atoms with van der Waals surface area (Å²) in [6.07, 6.45) is 1.85. The molecule has 2 aromatic rings. The Bertz CT molecular complexity index is 937. The minimum absolute atomic E-state index is 0. The maximum atomic E-state index is 12.2. The first-order valence-corrected chi connectivity index (χ1v) is 11.3. The van der Waals surface area contributed by atoms with Gasteiger partial charge in [0.25, 0.3) is 0 Å². The second kappa shape index (κ2) is 13.3. The summed E-state index contributed by atoms with van der Waals surface area (Å²) >= 11 is 0. The molecule has 1 aliphatic rings. The van der Waals surface area contributed by atoms with E-state index in [9.17, 15) is 4.79 Å². The van der Waals surface area contributed by atoms with E-state index >= 15 is 0 Å². The minimum Gasteiger partial charge on any atom is -0.495 e. The number of ether oxygens (including phenoxy) is 1. The number of benzene rings is 2. The molecule has 1 aliphatic heterocycles. The van der Waals surface area contributed by atoms with Gasteiger partial charge in [0.15, 0.2) is 5.96 Å². The van der Waals surface area contributed by atoms with Crippen molar-refractivity contribution >= 4 is 47.2 Å². The second-order valence-electron chi connectivity index (χ2n) is 8.17. The third-order valence-corrected chi connectivity index (χ3v) is 5.89. The zero-order valence-corrected chi connectivity index (χ0v) is 22.3. The van der Waals surface area contributed by atoms with E-state index < -0.39 is 0 Å². The number of hydrogen-bond acceptors (Lipinski definition) is 4. The van der Waals surface area contributed by atoms with Crippen molar-refractivity contribution in [3.05, 3.63) is 54.1 Å². The van der Waals surface area contributed by atoms with Crippen LogP contribution in [0.5, 0.6) is 5.75 Å². The first-order valence-electron chi connectivity index (χ1n) is 11.3. The Hall–Kier alpha value is -2.49. The van der Waals surface area contributed by atoms with E-state index in [1.165, 1.54) is 0 Å². The molecule has 3 rings (SSSR count). The van der Waals surface area contributed by atoms with E-state index in [2.05, 4.69) is 31.9 Å². The number of amides is 1. The third-order valence-electron chi connectivity index (χ3n) is 5.89. The largest absolute Gasteiger partial charge is 0.495 e. The van der Waals surface area contributed by atoms with Crippen LogP contribution in [-0.2, 0) is 11.3 Å². The highest BCUT2D eigenvalue weighted by Crippen LogP contribution is 2.30. The quantitative estimate of drug-likeness (QED) is 0.254. The van der Waals surface area contributed by atoms with E-state index in [0.29, 0.717) is 12.6 Å².